The van der Waals surface area contributed by atoms with Crippen LogP contribution in [-0.4, -0.2) is 45.0 Å². The molecule has 0 radical (unpaired) electrons. The van der Waals surface area contributed by atoms with E-state index in [1.807, 2.05) is 37.3 Å². The number of aryl methyl sites for hydroxylation is 1. The van der Waals surface area contributed by atoms with Crippen molar-refractivity contribution in [3.05, 3.63) is 65.2 Å². The molecule has 0 aliphatic carbocycles. The van der Waals surface area contributed by atoms with Crippen LogP contribution >= 0.6 is 0 Å². The molecule has 1 atom stereocenters. The van der Waals surface area contributed by atoms with Crippen molar-refractivity contribution in [2.75, 3.05) is 24.7 Å². The molecule has 7 nitrogen and oxygen atoms in total. The van der Waals surface area contributed by atoms with Gasteiger partial charge in [0.2, 0.25) is 10.0 Å². The Bertz CT molecular complexity index is 1020. The summed E-state index contributed by atoms with van der Waals surface area (Å²) in [7, 11) is -1.91. The summed E-state index contributed by atoms with van der Waals surface area (Å²) in [5, 5.41) is 6.03. The second-order valence-electron chi connectivity index (χ2n) is 6.75. The van der Waals surface area contributed by atoms with Gasteiger partial charge in [-0.3, -0.25) is 9.52 Å². The van der Waals surface area contributed by atoms with E-state index >= 15 is 0 Å². The summed E-state index contributed by atoms with van der Waals surface area (Å²) in [6.07, 6.45) is 1.63. The number of hydrazone groups is 1. The fourth-order valence-corrected chi connectivity index (χ4v) is 3.84. The number of carbonyl (C=O) groups excluding carboxylic acids is 1. The molecular weight excluding hydrogens is 378 g/mol. The number of nitrogens with one attached hydrogen (secondary N) is 1. The molecule has 1 aliphatic rings. The quantitative estimate of drug-likeness (QED) is 0.806. The number of ether oxygens (including phenoxy) is 1. The molecule has 0 unspecified atom stereocenters. The van der Waals surface area contributed by atoms with Gasteiger partial charge in [-0.15, -0.1) is 0 Å². The topological polar surface area (TPSA) is 88.1 Å². The lowest BCUT2D eigenvalue weighted by atomic mass is 9.95. The zero-order chi connectivity index (χ0) is 20.3. The second kappa shape index (κ2) is 8.12. The summed E-state index contributed by atoms with van der Waals surface area (Å²) in [6.45, 7) is 1.94. The van der Waals surface area contributed by atoms with E-state index in [4.69, 9.17) is 4.74 Å². The number of hydrogen-bond acceptors (Lipinski definition) is 5. The predicted molar refractivity (Wildman–Crippen MR) is 109 cm³/mol. The molecule has 2 aromatic carbocycles. The summed E-state index contributed by atoms with van der Waals surface area (Å²) in [5.74, 6) is -0.226. The van der Waals surface area contributed by atoms with E-state index in [1.165, 1.54) is 12.1 Å². The van der Waals surface area contributed by atoms with Crippen molar-refractivity contribution < 1.29 is 17.9 Å². The Balaban J connectivity index is 1.96. The van der Waals surface area contributed by atoms with Crippen molar-refractivity contribution >= 4 is 27.3 Å². The monoisotopic (exact) mass is 401 g/mol. The van der Waals surface area contributed by atoms with E-state index in [0.29, 0.717) is 12.1 Å². The highest BCUT2D eigenvalue weighted by Gasteiger charge is 2.33. The van der Waals surface area contributed by atoms with Crippen molar-refractivity contribution in [3.8, 4) is 0 Å². The molecule has 2 aromatic rings. The van der Waals surface area contributed by atoms with Crippen molar-refractivity contribution in [2.24, 2.45) is 5.10 Å². The van der Waals surface area contributed by atoms with E-state index in [0.717, 1.165) is 28.7 Å². The van der Waals surface area contributed by atoms with E-state index < -0.39 is 10.0 Å². The molecule has 0 bridgehead atoms. The maximum absolute atomic E-state index is 12.6. The minimum atomic E-state index is -3.38. The van der Waals surface area contributed by atoms with Gasteiger partial charge < -0.3 is 4.74 Å². The Hall–Kier alpha value is -2.71. The minimum Gasteiger partial charge on any atom is -0.375 e. The van der Waals surface area contributed by atoms with Crippen LogP contribution in [0.15, 0.2) is 53.6 Å². The first-order valence-electron chi connectivity index (χ1n) is 8.80. The Labute approximate surface area is 165 Å². The van der Waals surface area contributed by atoms with Gasteiger partial charge in [0, 0.05) is 19.2 Å². The first-order chi connectivity index (χ1) is 13.3. The number of amides is 1. The van der Waals surface area contributed by atoms with E-state index in [2.05, 4.69) is 9.82 Å². The average molecular weight is 401 g/mol. The van der Waals surface area contributed by atoms with Crippen LogP contribution in [0.5, 0.6) is 0 Å². The average Bonchev–Trinajstić information content (AvgIpc) is 3.06. The van der Waals surface area contributed by atoms with Gasteiger partial charge in [0.25, 0.3) is 5.91 Å². The molecule has 1 aliphatic heterocycles. The molecule has 1 heterocycles. The Morgan fingerprint density at radius 1 is 1.25 bits per heavy atom. The Morgan fingerprint density at radius 3 is 2.68 bits per heavy atom. The Kier molecular flexibility index (Phi) is 5.81. The molecule has 0 aromatic heterocycles. The summed E-state index contributed by atoms with van der Waals surface area (Å²) in [5.41, 5.74) is 4.04. The number of rotatable bonds is 6. The van der Waals surface area contributed by atoms with Gasteiger partial charge in [-0.2, -0.15) is 5.10 Å². The van der Waals surface area contributed by atoms with Gasteiger partial charge in [0.15, 0.2) is 0 Å². The lowest BCUT2D eigenvalue weighted by Crippen LogP contribution is -2.30. The first kappa shape index (κ1) is 20.0. The molecule has 1 amide bonds. The van der Waals surface area contributed by atoms with E-state index in [1.54, 1.807) is 18.2 Å². The molecule has 1 N–H and O–H groups in total. The van der Waals surface area contributed by atoms with Gasteiger partial charge in [-0.05, 0) is 35.7 Å². The number of nitrogens with zero attached hydrogens (tertiary/aromatic N) is 2. The zero-order valence-electron chi connectivity index (χ0n) is 16.0. The molecule has 0 saturated carbocycles. The molecule has 8 heteroatoms. The second-order valence-corrected chi connectivity index (χ2v) is 8.50. The molecule has 3 rings (SSSR count). The van der Waals surface area contributed by atoms with Crippen LogP contribution < -0.4 is 4.72 Å². The van der Waals surface area contributed by atoms with Gasteiger partial charge in [-0.1, -0.05) is 36.4 Å². The van der Waals surface area contributed by atoms with Gasteiger partial charge in [0.05, 0.1) is 18.0 Å². The summed E-state index contributed by atoms with van der Waals surface area (Å²) < 4.78 is 30.5. The maximum atomic E-state index is 12.6. The third-order valence-electron chi connectivity index (χ3n) is 4.48. The van der Waals surface area contributed by atoms with Gasteiger partial charge in [-0.25, -0.2) is 13.4 Å². The lowest BCUT2D eigenvalue weighted by Gasteiger charge is -2.23. The highest BCUT2D eigenvalue weighted by Crippen LogP contribution is 2.34. The highest BCUT2D eigenvalue weighted by atomic mass is 32.2. The predicted octanol–water partition coefficient (Wildman–Crippen LogP) is 2.69. The Morgan fingerprint density at radius 2 is 2.00 bits per heavy atom. The van der Waals surface area contributed by atoms with Crippen LogP contribution in [0.2, 0.25) is 0 Å². The molecule has 28 heavy (non-hydrogen) atoms. The van der Waals surface area contributed by atoms with Crippen molar-refractivity contribution in [3.63, 3.8) is 0 Å². The minimum absolute atomic E-state index is 0.0607. The summed E-state index contributed by atoms with van der Waals surface area (Å²) >= 11 is 0. The number of hydrogen-bond donors (Lipinski definition) is 1. The normalized spacial score (nSPS) is 16.8. The summed E-state index contributed by atoms with van der Waals surface area (Å²) in [6, 6.07) is 14.7. The largest absolute Gasteiger partial charge is 0.375 e. The highest BCUT2D eigenvalue weighted by molar-refractivity contribution is 7.92. The molecule has 0 fully saturated rings. The van der Waals surface area contributed by atoms with Crippen molar-refractivity contribution in [1.82, 2.24) is 5.01 Å². The van der Waals surface area contributed by atoms with E-state index in [9.17, 15) is 13.2 Å². The number of sulfonamides is 1. The lowest BCUT2D eigenvalue weighted by molar-refractivity contribution is -0.137. The maximum Gasteiger partial charge on any atom is 0.269 e. The molecular formula is C20H23N3O4S. The van der Waals surface area contributed by atoms with Crippen LogP contribution in [-0.2, 0) is 19.6 Å². The number of carbonyl (C=O) groups is 1. The summed E-state index contributed by atoms with van der Waals surface area (Å²) in [4.78, 5) is 12.6. The van der Waals surface area contributed by atoms with Crippen LogP contribution in [0.4, 0.5) is 5.69 Å². The van der Waals surface area contributed by atoms with Crippen molar-refractivity contribution in [1.29, 1.82) is 0 Å². The number of benzene rings is 2. The third kappa shape index (κ3) is 4.58. The fraction of sp³-hybridized carbons (Fsp3) is 0.300. The molecule has 148 valence electrons. The van der Waals surface area contributed by atoms with Gasteiger partial charge >= 0.3 is 0 Å². The standard InChI is InChI=1S/C20H23N3O4S/c1-14-7-4-5-10-17(14)19-12-18(21-23(19)20(24)13-27-2)15-8-6-9-16(11-15)22-28(3,25)26/h4-11,19,22H,12-13H2,1-3H3/t19-/m0/s1. The smallest absolute Gasteiger partial charge is 0.269 e. The molecule has 0 saturated heterocycles. The first-order valence-corrected chi connectivity index (χ1v) is 10.7. The van der Waals surface area contributed by atoms with Crippen LogP contribution in [0, 0.1) is 6.92 Å². The SMILES string of the molecule is COCC(=O)N1N=C(c2cccc(NS(C)(=O)=O)c2)C[C@H]1c1ccccc1C. The number of anilines is 1. The van der Waals surface area contributed by atoms with Crippen molar-refractivity contribution in [2.45, 2.75) is 19.4 Å². The van der Waals surface area contributed by atoms with Crippen LogP contribution in [0.25, 0.3) is 0 Å². The van der Waals surface area contributed by atoms with Gasteiger partial charge in [0.1, 0.15) is 6.61 Å². The fourth-order valence-electron chi connectivity index (χ4n) is 3.28. The van der Waals surface area contributed by atoms with Crippen LogP contribution in [0.3, 0.4) is 0 Å². The number of methoxy groups -OCH3 is 1. The van der Waals surface area contributed by atoms with E-state index in [-0.39, 0.29) is 18.6 Å². The third-order valence-corrected chi connectivity index (χ3v) is 5.09. The molecule has 0 spiro atoms. The zero-order valence-corrected chi connectivity index (χ0v) is 16.9. The van der Waals surface area contributed by atoms with Crippen LogP contribution in [0.1, 0.15) is 29.2 Å².